The summed E-state index contributed by atoms with van der Waals surface area (Å²) >= 11 is 3.45. The van der Waals surface area contributed by atoms with E-state index in [9.17, 15) is 4.79 Å². The first-order valence-electron chi connectivity index (χ1n) is 5.47. The topological polar surface area (TPSA) is 49.3 Å². The molecule has 0 aliphatic rings. The Morgan fingerprint density at radius 1 is 1.53 bits per heavy atom. The van der Waals surface area contributed by atoms with Crippen molar-refractivity contribution in [1.82, 2.24) is 0 Å². The van der Waals surface area contributed by atoms with E-state index in [0.717, 1.165) is 10.2 Å². The SMILES string of the molecule is CC/C(=C/CNc1ccc(C)c(Br)c1)C(=O)O. The fraction of sp³-hybridized carbons (Fsp3) is 0.308. The lowest BCUT2D eigenvalue weighted by atomic mass is 10.2. The Bertz CT molecular complexity index is 441. The minimum atomic E-state index is -0.848. The molecule has 0 amide bonds. The van der Waals surface area contributed by atoms with Crippen LogP contribution in [0, 0.1) is 6.92 Å². The number of aryl methyl sites for hydroxylation is 1. The molecule has 17 heavy (non-hydrogen) atoms. The van der Waals surface area contributed by atoms with Gasteiger partial charge >= 0.3 is 5.97 Å². The number of hydrogen-bond acceptors (Lipinski definition) is 2. The van der Waals surface area contributed by atoms with Gasteiger partial charge in [0.2, 0.25) is 0 Å². The summed E-state index contributed by atoms with van der Waals surface area (Å²) in [7, 11) is 0. The number of halogens is 1. The highest BCUT2D eigenvalue weighted by molar-refractivity contribution is 9.10. The van der Waals surface area contributed by atoms with Crippen molar-refractivity contribution >= 4 is 27.6 Å². The molecule has 0 unspecified atom stereocenters. The van der Waals surface area contributed by atoms with Crippen LogP contribution >= 0.6 is 15.9 Å². The highest BCUT2D eigenvalue weighted by Gasteiger charge is 2.02. The first kappa shape index (κ1) is 13.8. The third-order valence-corrected chi connectivity index (χ3v) is 3.34. The summed E-state index contributed by atoms with van der Waals surface area (Å²) in [6.07, 6.45) is 2.24. The van der Waals surface area contributed by atoms with Gasteiger partial charge in [-0.1, -0.05) is 35.0 Å². The molecule has 1 aromatic rings. The molecule has 0 aliphatic heterocycles. The van der Waals surface area contributed by atoms with Crippen molar-refractivity contribution in [3.8, 4) is 0 Å². The summed E-state index contributed by atoms with van der Waals surface area (Å²) in [6, 6.07) is 5.96. The summed E-state index contributed by atoms with van der Waals surface area (Å²) in [5.74, 6) is -0.848. The molecule has 0 bridgehead atoms. The van der Waals surface area contributed by atoms with E-state index in [4.69, 9.17) is 5.11 Å². The van der Waals surface area contributed by atoms with Crippen LogP contribution in [0.15, 0.2) is 34.3 Å². The molecule has 0 aliphatic carbocycles. The molecule has 0 aromatic heterocycles. The predicted octanol–water partition coefficient (Wildman–Crippen LogP) is 3.59. The number of hydrogen-bond donors (Lipinski definition) is 2. The molecule has 2 N–H and O–H groups in total. The van der Waals surface area contributed by atoms with E-state index < -0.39 is 5.97 Å². The predicted molar refractivity (Wildman–Crippen MR) is 73.4 cm³/mol. The van der Waals surface area contributed by atoms with Crippen LogP contribution < -0.4 is 5.32 Å². The average Bonchev–Trinajstić information content (AvgIpc) is 2.28. The molecule has 0 heterocycles. The molecular weight excluding hydrogens is 282 g/mol. The second-order valence-electron chi connectivity index (χ2n) is 3.73. The second-order valence-corrected chi connectivity index (χ2v) is 4.59. The van der Waals surface area contributed by atoms with E-state index in [1.54, 1.807) is 6.08 Å². The van der Waals surface area contributed by atoms with Gasteiger partial charge < -0.3 is 10.4 Å². The van der Waals surface area contributed by atoms with Crippen LogP contribution in [0.1, 0.15) is 18.9 Å². The molecule has 1 rings (SSSR count). The van der Waals surface area contributed by atoms with Crippen molar-refractivity contribution < 1.29 is 9.90 Å². The van der Waals surface area contributed by atoms with Crippen LogP contribution in [0.25, 0.3) is 0 Å². The maximum absolute atomic E-state index is 10.8. The number of nitrogens with one attached hydrogen (secondary N) is 1. The zero-order chi connectivity index (χ0) is 12.8. The summed E-state index contributed by atoms with van der Waals surface area (Å²) < 4.78 is 1.04. The van der Waals surface area contributed by atoms with Gasteiger partial charge in [0, 0.05) is 22.3 Å². The Morgan fingerprint density at radius 3 is 2.76 bits per heavy atom. The monoisotopic (exact) mass is 297 g/mol. The van der Waals surface area contributed by atoms with Crippen molar-refractivity contribution in [1.29, 1.82) is 0 Å². The first-order chi connectivity index (χ1) is 8.04. The molecule has 1 aromatic carbocycles. The van der Waals surface area contributed by atoms with Gasteiger partial charge in [0.05, 0.1) is 0 Å². The van der Waals surface area contributed by atoms with Crippen LogP contribution in [0.3, 0.4) is 0 Å². The van der Waals surface area contributed by atoms with E-state index >= 15 is 0 Å². The summed E-state index contributed by atoms with van der Waals surface area (Å²) in [4.78, 5) is 10.8. The first-order valence-corrected chi connectivity index (χ1v) is 6.26. The van der Waals surface area contributed by atoms with Crippen LogP contribution in [-0.2, 0) is 4.79 Å². The van der Waals surface area contributed by atoms with Gasteiger partial charge in [-0.3, -0.25) is 0 Å². The standard InChI is InChI=1S/C13H16BrNO2/c1-3-10(13(16)17)6-7-15-11-5-4-9(2)12(14)8-11/h4-6,8,15H,3,7H2,1-2H3,(H,16,17)/b10-6-. The summed E-state index contributed by atoms with van der Waals surface area (Å²) in [5.41, 5.74) is 2.58. The maximum Gasteiger partial charge on any atom is 0.331 e. The lowest BCUT2D eigenvalue weighted by Gasteiger charge is -2.06. The van der Waals surface area contributed by atoms with Crippen LogP contribution in [0.5, 0.6) is 0 Å². The average molecular weight is 298 g/mol. The fourth-order valence-electron chi connectivity index (χ4n) is 1.38. The number of aliphatic carboxylic acids is 1. The van der Waals surface area contributed by atoms with Gasteiger partial charge in [-0.2, -0.15) is 0 Å². The van der Waals surface area contributed by atoms with Crippen molar-refractivity contribution in [3.63, 3.8) is 0 Å². The second kappa shape index (κ2) is 6.45. The van der Waals surface area contributed by atoms with Crippen LogP contribution in [-0.4, -0.2) is 17.6 Å². The minimum absolute atomic E-state index is 0.434. The van der Waals surface area contributed by atoms with Gasteiger partial charge in [0.25, 0.3) is 0 Å². The fourth-order valence-corrected chi connectivity index (χ4v) is 1.76. The largest absolute Gasteiger partial charge is 0.478 e. The summed E-state index contributed by atoms with van der Waals surface area (Å²) in [6.45, 7) is 4.38. The zero-order valence-corrected chi connectivity index (χ0v) is 11.5. The van der Waals surface area contributed by atoms with Gasteiger partial charge in [-0.15, -0.1) is 0 Å². The molecule has 0 saturated heterocycles. The Labute approximate surface area is 110 Å². The van der Waals surface area contributed by atoms with E-state index in [1.165, 1.54) is 5.56 Å². The number of carboxylic acid groups (broad SMARTS) is 1. The zero-order valence-electron chi connectivity index (χ0n) is 9.96. The smallest absolute Gasteiger partial charge is 0.331 e. The number of benzene rings is 1. The van der Waals surface area contributed by atoms with Crippen molar-refractivity contribution in [2.75, 3.05) is 11.9 Å². The van der Waals surface area contributed by atoms with Gasteiger partial charge in [0.1, 0.15) is 0 Å². The van der Waals surface area contributed by atoms with Crippen molar-refractivity contribution in [2.24, 2.45) is 0 Å². The number of rotatable bonds is 5. The summed E-state index contributed by atoms with van der Waals surface area (Å²) in [5, 5.41) is 12.0. The lowest BCUT2D eigenvalue weighted by molar-refractivity contribution is -0.132. The molecule has 0 radical (unpaired) electrons. The minimum Gasteiger partial charge on any atom is -0.478 e. The van der Waals surface area contributed by atoms with E-state index in [2.05, 4.69) is 21.2 Å². The highest BCUT2D eigenvalue weighted by Crippen LogP contribution is 2.20. The van der Waals surface area contributed by atoms with Crippen LogP contribution in [0.4, 0.5) is 5.69 Å². The molecule has 0 saturated carbocycles. The maximum atomic E-state index is 10.8. The quantitative estimate of drug-likeness (QED) is 0.817. The molecule has 0 atom stereocenters. The van der Waals surface area contributed by atoms with Gasteiger partial charge in [-0.25, -0.2) is 4.79 Å². The molecule has 4 heteroatoms. The van der Waals surface area contributed by atoms with Crippen LogP contribution in [0.2, 0.25) is 0 Å². The van der Waals surface area contributed by atoms with Gasteiger partial charge in [0.15, 0.2) is 0 Å². The molecule has 0 spiro atoms. The molecule has 3 nitrogen and oxygen atoms in total. The number of anilines is 1. The Kier molecular flexibility index (Phi) is 5.22. The van der Waals surface area contributed by atoms with E-state index in [-0.39, 0.29) is 0 Å². The lowest BCUT2D eigenvalue weighted by Crippen LogP contribution is -2.04. The molecule has 0 fully saturated rings. The Hall–Kier alpha value is -1.29. The normalized spacial score (nSPS) is 11.4. The van der Waals surface area contributed by atoms with E-state index in [0.29, 0.717) is 18.5 Å². The highest BCUT2D eigenvalue weighted by atomic mass is 79.9. The van der Waals surface area contributed by atoms with E-state index in [1.807, 2.05) is 32.0 Å². The van der Waals surface area contributed by atoms with Crippen molar-refractivity contribution in [2.45, 2.75) is 20.3 Å². The Balaban J connectivity index is 2.61. The molecule has 92 valence electrons. The van der Waals surface area contributed by atoms with Gasteiger partial charge in [-0.05, 0) is 31.0 Å². The third kappa shape index (κ3) is 4.23. The Morgan fingerprint density at radius 2 is 2.24 bits per heavy atom. The third-order valence-electron chi connectivity index (χ3n) is 2.48. The molecular formula is C13H16BrNO2. The number of carbonyl (C=O) groups is 1. The van der Waals surface area contributed by atoms with Crippen molar-refractivity contribution in [3.05, 3.63) is 39.9 Å². The number of carboxylic acids is 1.